The lowest BCUT2D eigenvalue weighted by Crippen LogP contribution is -2.29. The molecule has 0 aromatic carbocycles. The second-order valence-corrected chi connectivity index (χ2v) is 7.14. The van der Waals surface area contributed by atoms with Crippen molar-refractivity contribution in [1.29, 1.82) is 0 Å². The van der Waals surface area contributed by atoms with Gasteiger partial charge in [-0.1, -0.05) is 20.8 Å². The Hall–Kier alpha value is -1.98. The molecule has 0 atom stereocenters. The monoisotopic (exact) mass is 277 g/mol. The molecule has 2 heterocycles. The second kappa shape index (κ2) is 4.26. The summed E-state index contributed by atoms with van der Waals surface area (Å²) in [5.74, 6) is 0.386. The molecule has 1 amide bonds. The summed E-state index contributed by atoms with van der Waals surface area (Å²) in [5.41, 5.74) is 7.00. The van der Waals surface area contributed by atoms with Crippen LogP contribution in [-0.2, 0) is 5.41 Å². The van der Waals surface area contributed by atoms with Crippen LogP contribution in [0.1, 0.15) is 57.6 Å². The number of imidazole rings is 1. The number of carbonyl (C=O) groups excluding carboxylic acids is 1. The molecule has 0 saturated heterocycles. The van der Waals surface area contributed by atoms with E-state index in [1.165, 1.54) is 0 Å². The Labute approximate surface area is 118 Å². The van der Waals surface area contributed by atoms with Crippen molar-refractivity contribution in [2.45, 2.75) is 52.5 Å². The Balaban J connectivity index is 2.71. The van der Waals surface area contributed by atoms with Crippen molar-refractivity contribution in [2.75, 3.05) is 5.32 Å². The van der Waals surface area contributed by atoms with E-state index in [-0.39, 0.29) is 11.0 Å². The molecule has 0 aliphatic carbocycles. The van der Waals surface area contributed by atoms with Gasteiger partial charge in [0.15, 0.2) is 11.5 Å². The van der Waals surface area contributed by atoms with Crippen LogP contribution >= 0.6 is 0 Å². The fourth-order valence-electron chi connectivity index (χ4n) is 2.10. The van der Waals surface area contributed by atoms with Crippen molar-refractivity contribution in [2.24, 2.45) is 5.73 Å². The van der Waals surface area contributed by atoms with E-state index in [0.717, 1.165) is 11.5 Å². The van der Waals surface area contributed by atoms with Crippen LogP contribution in [0.25, 0.3) is 5.65 Å². The van der Waals surface area contributed by atoms with Gasteiger partial charge in [-0.25, -0.2) is 9.50 Å². The zero-order chi connectivity index (χ0) is 15.3. The van der Waals surface area contributed by atoms with E-state index in [2.05, 4.69) is 56.9 Å². The van der Waals surface area contributed by atoms with Gasteiger partial charge in [-0.2, -0.15) is 0 Å². The number of H-pyrrole nitrogens is 1. The maximum absolute atomic E-state index is 11.5. The number of amides is 1. The molecule has 0 bridgehead atoms. The highest BCUT2D eigenvalue weighted by molar-refractivity contribution is 5.99. The van der Waals surface area contributed by atoms with Crippen LogP contribution in [0.3, 0.4) is 0 Å². The van der Waals surface area contributed by atoms with Crippen molar-refractivity contribution < 1.29 is 4.79 Å². The summed E-state index contributed by atoms with van der Waals surface area (Å²) in [7, 11) is 0. The number of anilines is 1. The summed E-state index contributed by atoms with van der Waals surface area (Å²) in [6.07, 6.45) is 1.59. The lowest BCUT2D eigenvalue weighted by atomic mass is 9.91. The predicted octanol–water partition coefficient (Wildman–Crippen LogP) is 2.27. The van der Waals surface area contributed by atoms with E-state index in [9.17, 15) is 4.79 Å². The zero-order valence-electron chi connectivity index (χ0n) is 13.0. The molecule has 0 unspecified atom stereocenters. The molecule has 6 heteroatoms. The zero-order valence-corrected chi connectivity index (χ0v) is 13.0. The third-order valence-corrected chi connectivity index (χ3v) is 2.93. The fraction of sp³-hybridized carbons (Fsp3) is 0.571. The quantitative estimate of drug-likeness (QED) is 0.786. The number of primary amides is 1. The SMILES string of the molecule is CC(C)(C)Nc1c(C(C)(C)C)nc2c(C(N)=O)c[nH]n12. The third kappa shape index (κ3) is 2.50. The third-order valence-electron chi connectivity index (χ3n) is 2.93. The van der Waals surface area contributed by atoms with E-state index in [4.69, 9.17) is 5.73 Å². The van der Waals surface area contributed by atoms with Crippen molar-refractivity contribution in [1.82, 2.24) is 14.6 Å². The van der Waals surface area contributed by atoms with Crippen LogP contribution in [0.5, 0.6) is 0 Å². The Morgan fingerprint density at radius 2 is 1.90 bits per heavy atom. The van der Waals surface area contributed by atoms with Crippen LogP contribution in [0, 0.1) is 0 Å². The van der Waals surface area contributed by atoms with E-state index in [1.54, 1.807) is 10.7 Å². The number of nitrogens with zero attached hydrogens (tertiary/aromatic N) is 2. The molecule has 0 radical (unpaired) electrons. The van der Waals surface area contributed by atoms with E-state index in [1.807, 2.05) is 0 Å². The van der Waals surface area contributed by atoms with Crippen LogP contribution in [0.2, 0.25) is 0 Å². The number of hydrogen-bond acceptors (Lipinski definition) is 3. The normalized spacial score (nSPS) is 12.9. The van der Waals surface area contributed by atoms with Gasteiger partial charge < -0.3 is 11.1 Å². The minimum atomic E-state index is -0.482. The highest BCUT2D eigenvalue weighted by Crippen LogP contribution is 2.32. The minimum Gasteiger partial charge on any atom is -0.365 e. The number of aromatic amines is 1. The fourth-order valence-corrected chi connectivity index (χ4v) is 2.10. The Kier molecular flexibility index (Phi) is 3.07. The summed E-state index contributed by atoms with van der Waals surface area (Å²) >= 11 is 0. The summed E-state index contributed by atoms with van der Waals surface area (Å²) in [6, 6.07) is 0. The Morgan fingerprint density at radius 3 is 2.35 bits per heavy atom. The van der Waals surface area contributed by atoms with Crippen molar-refractivity contribution >= 4 is 17.4 Å². The van der Waals surface area contributed by atoms with Gasteiger partial charge in [0.25, 0.3) is 5.91 Å². The molecule has 110 valence electrons. The largest absolute Gasteiger partial charge is 0.365 e. The van der Waals surface area contributed by atoms with Crippen LogP contribution in [0.4, 0.5) is 5.82 Å². The topological polar surface area (TPSA) is 88.2 Å². The molecule has 0 spiro atoms. The van der Waals surface area contributed by atoms with Gasteiger partial charge >= 0.3 is 0 Å². The molecule has 0 fully saturated rings. The summed E-state index contributed by atoms with van der Waals surface area (Å²) in [6.45, 7) is 12.5. The first-order chi connectivity index (χ1) is 9.00. The number of fused-ring (bicyclic) bond motifs is 1. The molecule has 0 aliphatic rings. The van der Waals surface area contributed by atoms with E-state index < -0.39 is 5.91 Å². The number of carbonyl (C=O) groups is 1. The summed E-state index contributed by atoms with van der Waals surface area (Å²) in [5, 5.41) is 6.49. The van der Waals surface area contributed by atoms with Crippen molar-refractivity contribution in [3.05, 3.63) is 17.5 Å². The van der Waals surface area contributed by atoms with Gasteiger partial charge in [0.05, 0.1) is 5.69 Å². The van der Waals surface area contributed by atoms with Crippen LogP contribution < -0.4 is 11.1 Å². The van der Waals surface area contributed by atoms with Gasteiger partial charge in [-0.3, -0.25) is 9.89 Å². The van der Waals surface area contributed by atoms with E-state index in [0.29, 0.717) is 11.2 Å². The standard InChI is InChI=1S/C14H23N5O/c1-13(2,3)9-12(18-14(4,5)6)19-11(17-9)8(7-16-19)10(15)20/h7,16,18H,1-6H3,(H2,15,20). The van der Waals surface area contributed by atoms with Crippen LogP contribution in [-0.4, -0.2) is 26.0 Å². The molecule has 6 nitrogen and oxygen atoms in total. The minimum absolute atomic E-state index is 0.117. The summed E-state index contributed by atoms with van der Waals surface area (Å²) in [4.78, 5) is 16.1. The van der Waals surface area contributed by atoms with Gasteiger partial charge in [0.2, 0.25) is 0 Å². The maximum atomic E-state index is 11.5. The number of hydrogen-bond donors (Lipinski definition) is 3. The molecule has 0 aliphatic heterocycles. The first-order valence-electron chi connectivity index (χ1n) is 6.69. The van der Waals surface area contributed by atoms with Crippen molar-refractivity contribution in [3.63, 3.8) is 0 Å². The predicted molar refractivity (Wildman–Crippen MR) is 80.1 cm³/mol. The Morgan fingerprint density at radius 1 is 1.30 bits per heavy atom. The highest BCUT2D eigenvalue weighted by Gasteiger charge is 2.28. The maximum Gasteiger partial charge on any atom is 0.254 e. The molecular formula is C14H23N5O. The summed E-state index contributed by atoms with van der Waals surface area (Å²) < 4.78 is 1.78. The van der Waals surface area contributed by atoms with Crippen molar-refractivity contribution in [3.8, 4) is 0 Å². The number of rotatable bonds is 2. The van der Waals surface area contributed by atoms with Gasteiger partial charge in [0, 0.05) is 17.2 Å². The molecule has 20 heavy (non-hydrogen) atoms. The van der Waals surface area contributed by atoms with Gasteiger partial charge in [-0.15, -0.1) is 0 Å². The highest BCUT2D eigenvalue weighted by atomic mass is 16.1. The van der Waals surface area contributed by atoms with Crippen LogP contribution in [0.15, 0.2) is 6.20 Å². The average molecular weight is 277 g/mol. The molecule has 2 aromatic rings. The molecular weight excluding hydrogens is 254 g/mol. The number of aromatic nitrogens is 3. The lowest BCUT2D eigenvalue weighted by molar-refractivity contribution is 0.100. The number of nitrogens with two attached hydrogens (primary N) is 1. The smallest absolute Gasteiger partial charge is 0.254 e. The Bertz CT molecular complexity index is 651. The van der Waals surface area contributed by atoms with Gasteiger partial charge in [-0.05, 0) is 20.8 Å². The van der Waals surface area contributed by atoms with Gasteiger partial charge in [0.1, 0.15) is 5.56 Å². The molecule has 4 N–H and O–H groups in total. The molecule has 2 aromatic heterocycles. The average Bonchev–Trinajstić information content (AvgIpc) is 2.74. The lowest BCUT2D eigenvalue weighted by Gasteiger charge is -2.25. The molecule has 2 rings (SSSR count). The number of nitrogens with one attached hydrogen (secondary N) is 2. The van der Waals surface area contributed by atoms with E-state index >= 15 is 0 Å². The first-order valence-corrected chi connectivity index (χ1v) is 6.69. The second-order valence-electron chi connectivity index (χ2n) is 7.14. The molecule has 0 saturated carbocycles. The first kappa shape index (κ1) is 14.4.